The molecule has 3 rings (SSSR count). The minimum atomic E-state index is -0.730. The highest BCUT2D eigenvalue weighted by atomic mass is 32.1. The lowest BCUT2D eigenvalue weighted by atomic mass is 9.74. The smallest absolute Gasteiger partial charge is 0.337 e. The van der Waals surface area contributed by atoms with Gasteiger partial charge in [-0.15, -0.1) is 11.3 Å². The Morgan fingerprint density at radius 2 is 2.13 bits per heavy atom. The van der Waals surface area contributed by atoms with Crippen molar-refractivity contribution in [1.29, 1.82) is 0 Å². The van der Waals surface area contributed by atoms with E-state index in [4.69, 9.17) is 0 Å². The summed E-state index contributed by atoms with van der Waals surface area (Å²) >= 11 is 1.78. The van der Waals surface area contributed by atoms with Gasteiger partial charge in [-0.05, 0) is 61.6 Å². The van der Waals surface area contributed by atoms with Crippen LogP contribution in [0.15, 0.2) is 4.99 Å². The van der Waals surface area contributed by atoms with Crippen LogP contribution in [0.5, 0.6) is 0 Å². The zero-order valence-electron chi connectivity index (χ0n) is 14.2. The van der Waals surface area contributed by atoms with Crippen molar-refractivity contribution in [2.24, 2.45) is 16.3 Å². The molecule has 0 radical (unpaired) electrons. The average Bonchev–Trinajstić information content (AvgIpc) is 2.85. The molecule has 0 bridgehead atoms. The summed E-state index contributed by atoms with van der Waals surface area (Å²) < 4.78 is 0. The van der Waals surface area contributed by atoms with E-state index in [0.717, 1.165) is 49.1 Å². The number of aryl methyl sites for hydroxylation is 1. The first kappa shape index (κ1) is 16.7. The minimum Gasteiger partial charge on any atom is -0.478 e. The Hall–Kier alpha value is -1.16. The Morgan fingerprint density at radius 3 is 2.83 bits per heavy atom. The molecule has 1 unspecified atom stereocenters. The maximum Gasteiger partial charge on any atom is 0.337 e. The first-order chi connectivity index (χ1) is 10.9. The van der Waals surface area contributed by atoms with Crippen molar-refractivity contribution in [2.45, 2.75) is 64.7 Å². The predicted molar refractivity (Wildman–Crippen MR) is 96.2 cm³/mol. The molecule has 23 heavy (non-hydrogen) atoms. The van der Waals surface area contributed by atoms with Gasteiger partial charge in [0.15, 0.2) is 0 Å². The quantitative estimate of drug-likeness (QED) is 0.794. The van der Waals surface area contributed by atoms with E-state index in [1.54, 1.807) is 11.3 Å². The highest BCUT2D eigenvalue weighted by molar-refractivity contribution is 7.12. The van der Waals surface area contributed by atoms with Crippen LogP contribution in [0.1, 0.15) is 77.5 Å². The van der Waals surface area contributed by atoms with Crippen LogP contribution < -0.4 is 0 Å². The molecule has 2 aliphatic carbocycles. The average molecular weight is 333 g/mol. The number of hydrogen-bond donors (Lipinski definition) is 1. The van der Waals surface area contributed by atoms with E-state index in [9.17, 15) is 9.90 Å². The second-order valence-electron chi connectivity index (χ2n) is 7.95. The maximum atomic E-state index is 12.0. The molecule has 1 aromatic rings. The van der Waals surface area contributed by atoms with Gasteiger partial charge in [-0.1, -0.05) is 26.7 Å². The van der Waals surface area contributed by atoms with Gasteiger partial charge in [0.25, 0.3) is 0 Å². The monoisotopic (exact) mass is 333 g/mol. The van der Waals surface area contributed by atoms with E-state index >= 15 is 0 Å². The van der Waals surface area contributed by atoms with E-state index < -0.39 is 5.97 Å². The molecule has 0 saturated heterocycles. The minimum absolute atomic E-state index is 0.212. The molecule has 1 fully saturated rings. The van der Waals surface area contributed by atoms with Crippen molar-refractivity contribution in [3.63, 3.8) is 0 Å². The summed E-state index contributed by atoms with van der Waals surface area (Å²) in [6.07, 6.45) is 7.77. The summed E-state index contributed by atoms with van der Waals surface area (Å²) in [6.45, 7) is 8.93. The number of nitrogens with zero attached hydrogens (tertiary/aromatic N) is 1. The van der Waals surface area contributed by atoms with Crippen LogP contribution in [-0.4, -0.2) is 24.3 Å². The van der Waals surface area contributed by atoms with Gasteiger partial charge in [0.1, 0.15) is 0 Å². The van der Waals surface area contributed by atoms with Crippen LogP contribution in [0.25, 0.3) is 0 Å². The standard InChI is InChI=1S/C19H27NO2S/c1-19(2)9-8-15-14(10-19)16(18(21)22)17(23-15)13-7-5-4-6-12(13)11-20-3/h12-13H,3-11H2,1-2H3,(H,21,22)/t12?,13-/m0/s1. The number of carboxylic acids is 1. The van der Waals surface area contributed by atoms with Crippen molar-refractivity contribution in [2.75, 3.05) is 6.54 Å². The predicted octanol–water partition coefficient (Wildman–Crippen LogP) is 4.94. The molecular formula is C19H27NO2S. The second-order valence-corrected chi connectivity index (χ2v) is 9.08. The lowest BCUT2D eigenvalue weighted by molar-refractivity contribution is 0.0693. The third-order valence-corrected chi connectivity index (χ3v) is 7.05. The number of thiophene rings is 1. The van der Waals surface area contributed by atoms with Gasteiger partial charge >= 0.3 is 5.97 Å². The molecule has 1 heterocycles. The summed E-state index contributed by atoms with van der Waals surface area (Å²) in [5, 5.41) is 9.90. The first-order valence-corrected chi connectivity index (χ1v) is 9.55. The highest BCUT2D eigenvalue weighted by Crippen LogP contribution is 2.48. The summed E-state index contributed by atoms with van der Waals surface area (Å²) in [7, 11) is 0. The number of carbonyl (C=O) groups is 1. The van der Waals surface area contributed by atoms with Gasteiger partial charge in [-0.2, -0.15) is 0 Å². The van der Waals surface area contributed by atoms with Crippen molar-refractivity contribution in [3.8, 4) is 0 Å². The zero-order chi connectivity index (χ0) is 16.6. The number of aliphatic imine (C=N–C) groups is 1. The summed E-state index contributed by atoms with van der Waals surface area (Å²) in [6, 6.07) is 0. The van der Waals surface area contributed by atoms with Crippen LogP contribution in [0.4, 0.5) is 0 Å². The molecule has 1 saturated carbocycles. The van der Waals surface area contributed by atoms with E-state index in [0.29, 0.717) is 17.4 Å². The SMILES string of the molecule is C=NCC1CCCC[C@@H]1c1sc2c(c1C(=O)O)CC(C)(C)CC2. The van der Waals surface area contributed by atoms with Crippen molar-refractivity contribution in [3.05, 3.63) is 20.9 Å². The number of rotatable bonds is 4. The molecule has 0 aliphatic heterocycles. The van der Waals surface area contributed by atoms with Crippen LogP contribution in [-0.2, 0) is 12.8 Å². The number of carboxylic acid groups (broad SMARTS) is 1. The van der Waals surface area contributed by atoms with Crippen LogP contribution in [0.2, 0.25) is 0 Å². The Labute approximate surface area is 142 Å². The molecule has 1 N–H and O–H groups in total. The molecule has 0 amide bonds. The van der Waals surface area contributed by atoms with E-state index in [1.807, 2.05) is 0 Å². The molecule has 4 heteroatoms. The Bertz CT molecular complexity index is 617. The number of aromatic carboxylic acids is 1. The van der Waals surface area contributed by atoms with Gasteiger partial charge in [0.05, 0.1) is 5.56 Å². The molecular weight excluding hydrogens is 306 g/mol. The molecule has 1 aromatic heterocycles. The van der Waals surface area contributed by atoms with E-state index in [1.165, 1.54) is 17.7 Å². The zero-order valence-corrected chi connectivity index (χ0v) is 15.0. The van der Waals surface area contributed by atoms with E-state index in [2.05, 4.69) is 25.6 Å². The Balaban J connectivity index is 2.03. The highest BCUT2D eigenvalue weighted by Gasteiger charge is 2.37. The number of fused-ring (bicyclic) bond motifs is 1. The fourth-order valence-electron chi connectivity index (χ4n) is 4.37. The lowest BCUT2D eigenvalue weighted by Crippen LogP contribution is -2.24. The van der Waals surface area contributed by atoms with Crippen LogP contribution >= 0.6 is 11.3 Å². The van der Waals surface area contributed by atoms with Crippen LogP contribution in [0.3, 0.4) is 0 Å². The third kappa shape index (κ3) is 3.23. The van der Waals surface area contributed by atoms with Crippen molar-refractivity contribution < 1.29 is 9.90 Å². The van der Waals surface area contributed by atoms with Crippen LogP contribution in [0, 0.1) is 11.3 Å². The summed E-state index contributed by atoms with van der Waals surface area (Å²) in [5.41, 5.74) is 1.98. The largest absolute Gasteiger partial charge is 0.478 e. The molecule has 2 aliphatic rings. The summed E-state index contributed by atoms with van der Waals surface area (Å²) in [4.78, 5) is 18.6. The molecule has 126 valence electrons. The lowest BCUT2D eigenvalue weighted by Gasteiger charge is -2.31. The Kier molecular flexibility index (Phi) is 4.63. The Morgan fingerprint density at radius 1 is 1.39 bits per heavy atom. The van der Waals surface area contributed by atoms with Gasteiger partial charge in [-0.25, -0.2) is 4.79 Å². The normalized spacial score (nSPS) is 26.5. The fraction of sp³-hybridized carbons (Fsp3) is 0.684. The third-order valence-electron chi connectivity index (χ3n) is 5.63. The molecule has 3 nitrogen and oxygen atoms in total. The van der Waals surface area contributed by atoms with Gasteiger partial charge in [-0.3, -0.25) is 0 Å². The molecule has 2 atom stereocenters. The van der Waals surface area contributed by atoms with Crippen molar-refractivity contribution >= 4 is 24.0 Å². The maximum absolute atomic E-state index is 12.0. The van der Waals surface area contributed by atoms with E-state index in [-0.39, 0.29) is 5.41 Å². The van der Waals surface area contributed by atoms with Gasteiger partial charge in [0.2, 0.25) is 0 Å². The summed E-state index contributed by atoms with van der Waals surface area (Å²) in [5.74, 6) is 0.0950. The topological polar surface area (TPSA) is 49.7 Å². The van der Waals surface area contributed by atoms with Gasteiger partial charge in [0, 0.05) is 16.3 Å². The fourth-order valence-corrected chi connectivity index (χ4v) is 5.92. The molecule has 0 spiro atoms. The van der Waals surface area contributed by atoms with Crippen molar-refractivity contribution in [1.82, 2.24) is 0 Å². The van der Waals surface area contributed by atoms with Gasteiger partial charge < -0.3 is 10.1 Å². The number of hydrogen-bond acceptors (Lipinski definition) is 3. The first-order valence-electron chi connectivity index (χ1n) is 8.73. The molecule has 0 aromatic carbocycles. The second kappa shape index (κ2) is 6.39.